The van der Waals surface area contributed by atoms with Crippen molar-refractivity contribution in [2.75, 3.05) is 11.6 Å². The van der Waals surface area contributed by atoms with E-state index in [0.717, 1.165) is 0 Å². The Kier molecular flexibility index (Phi) is 4.90. The van der Waals surface area contributed by atoms with E-state index >= 15 is 0 Å². The van der Waals surface area contributed by atoms with Crippen molar-refractivity contribution in [2.45, 2.75) is 4.90 Å². The van der Waals surface area contributed by atoms with Gasteiger partial charge in [-0.15, -0.1) is 11.8 Å². The molecular formula is C17H14FN5OS. The number of rotatable bonds is 5. The van der Waals surface area contributed by atoms with Gasteiger partial charge in [0.05, 0.1) is 27.4 Å². The first-order valence-electron chi connectivity index (χ1n) is 7.28. The quantitative estimate of drug-likeness (QED) is 0.539. The Bertz CT molecular complexity index is 934. The van der Waals surface area contributed by atoms with Gasteiger partial charge in [0.2, 0.25) is 11.9 Å². The number of nitrogens with one attached hydrogen (secondary N) is 1. The molecule has 0 saturated heterocycles. The number of benzene rings is 1. The van der Waals surface area contributed by atoms with Crippen LogP contribution in [-0.4, -0.2) is 27.1 Å². The first kappa shape index (κ1) is 16.8. The van der Waals surface area contributed by atoms with Crippen molar-refractivity contribution in [1.29, 1.82) is 0 Å². The van der Waals surface area contributed by atoms with E-state index < -0.39 is 11.9 Å². The van der Waals surface area contributed by atoms with Gasteiger partial charge in [-0.1, -0.05) is 12.1 Å². The molecular weight excluding hydrogens is 341 g/mol. The number of aromatic nitrogens is 3. The van der Waals surface area contributed by atoms with Gasteiger partial charge in [0.25, 0.3) is 5.91 Å². The van der Waals surface area contributed by atoms with Crippen LogP contribution in [0.25, 0.3) is 11.3 Å². The van der Waals surface area contributed by atoms with Crippen LogP contribution in [0.1, 0.15) is 10.4 Å². The highest BCUT2D eigenvalue weighted by atomic mass is 32.2. The van der Waals surface area contributed by atoms with Crippen molar-refractivity contribution in [1.82, 2.24) is 15.0 Å². The van der Waals surface area contributed by atoms with Crippen LogP contribution < -0.4 is 11.1 Å². The van der Waals surface area contributed by atoms with E-state index in [2.05, 4.69) is 20.3 Å². The summed E-state index contributed by atoms with van der Waals surface area (Å²) in [5.41, 5.74) is 6.87. The number of primary amides is 1. The van der Waals surface area contributed by atoms with Crippen molar-refractivity contribution in [3.05, 3.63) is 60.3 Å². The third kappa shape index (κ3) is 3.58. The molecule has 25 heavy (non-hydrogen) atoms. The fourth-order valence-electron chi connectivity index (χ4n) is 2.26. The van der Waals surface area contributed by atoms with Crippen LogP contribution in [0.2, 0.25) is 0 Å². The van der Waals surface area contributed by atoms with Gasteiger partial charge in [0.1, 0.15) is 0 Å². The predicted octanol–water partition coefficient (Wildman–Crippen LogP) is 3.24. The molecule has 126 valence electrons. The molecule has 0 bridgehead atoms. The van der Waals surface area contributed by atoms with E-state index in [1.54, 1.807) is 42.6 Å². The van der Waals surface area contributed by atoms with Gasteiger partial charge in [-0.2, -0.15) is 4.39 Å². The molecule has 0 atom stereocenters. The van der Waals surface area contributed by atoms with Crippen molar-refractivity contribution in [3.8, 4) is 11.3 Å². The molecule has 0 aliphatic heterocycles. The maximum Gasteiger partial charge on any atom is 0.250 e. The zero-order valence-corrected chi connectivity index (χ0v) is 14.0. The smallest absolute Gasteiger partial charge is 0.250 e. The Balaban J connectivity index is 2.04. The lowest BCUT2D eigenvalue weighted by Gasteiger charge is -2.12. The Morgan fingerprint density at radius 1 is 1.20 bits per heavy atom. The predicted molar refractivity (Wildman–Crippen MR) is 95.2 cm³/mol. The second-order valence-electron chi connectivity index (χ2n) is 4.99. The van der Waals surface area contributed by atoms with Gasteiger partial charge in [0.15, 0.2) is 0 Å². The number of pyridine rings is 1. The Hall–Kier alpha value is -3.00. The highest BCUT2D eigenvalue weighted by molar-refractivity contribution is 7.98. The summed E-state index contributed by atoms with van der Waals surface area (Å²) >= 11 is 1.40. The second-order valence-corrected chi connectivity index (χ2v) is 5.84. The molecule has 2 heterocycles. The third-order valence-electron chi connectivity index (χ3n) is 3.43. The molecule has 0 unspecified atom stereocenters. The van der Waals surface area contributed by atoms with E-state index in [9.17, 15) is 9.18 Å². The largest absolute Gasteiger partial charge is 0.366 e. The van der Waals surface area contributed by atoms with Crippen LogP contribution in [0.5, 0.6) is 0 Å². The summed E-state index contributed by atoms with van der Waals surface area (Å²) in [4.78, 5) is 24.5. The molecule has 8 heteroatoms. The lowest BCUT2D eigenvalue weighted by molar-refractivity contribution is 0.100. The first-order valence-corrected chi connectivity index (χ1v) is 8.50. The molecule has 3 aromatic rings. The number of carbonyl (C=O) groups is 1. The molecule has 0 fully saturated rings. The minimum Gasteiger partial charge on any atom is -0.366 e. The van der Waals surface area contributed by atoms with Gasteiger partial charge < -0.3 is 11.1 Å². The fraction of sp³-hybridized carbons (Fsp3) is 0.0588. The summed E-state index contributed by atoms with van der Waals surface area (Å²) in [6.45, 7) is 0. The topological polar surface area (TPSA) is 93.8 Å². The van der Waals surface area contributed by atoms with Gasteiger partial charge in [0, 0.05) is 12.4 Å². The lowest BCUT2D eigenvalue weighted by Crippen LogP contribution is -2.13. The van der Waals surface area contributed by atoms with Crippen molar-refractivity contribution in [2.24, 2.45) is 5.73 Å². The monoisotopic (exact) mass is 355 g/mol. The summed E-state index contributed by atoms with van der Waals surface area (Å²) in [6, 6.07) is 10.00. The molecule has 0 aliphatic rings. The highest BCUT2D eigenvalue weighted by Crippen LogP contribution is 2.30. The number of hydrogen-bond acceptors (Lipinski definition) is 6. The van der Waals surface area contributed by atoms with Gasteiger partial charge in [-0.05, 0) is 30.5 Å². The van der Waals surface area contributed by atoms with Crippen LogP contribution >= 0.6 is 11.8 Å². The molecule has 3 rings (SSSR count). The summed E-state index contributed by atoms with van der Waals surface area (Å²) in [6.07, 6.45) is 4.82. The van der Waals surface area contributed by atoms with Crippen LogP contribution in [-0.2, 0) is 0 Å². The van der Waals surface area contributed by atoms with Crippen molar-refractivity contribution >= 4 is 29.3 Å². The molecule has 3 N–H and O–H groups in total. The maximum atomic E-state index is 14.1. The number of halogens is 1. The molecule has 0 spiro atoms. The molecule has 1 aromatic carbocycles. The molecule has 1 amide bonds. The number of thioether (sulfide) groups is 1. The third-order valence-corrected chi connectivity index (χ3v) is 4.17. The fourth-order valence-corrected chi connectivity index (χ4v) is 2.77. The zero-order valence-electron chi connectivity index (χ0n) is 13.2. The molecule has 0 aliphatic carbocycles. The number of amides is 1. The number of nitrogens with zero attached hydrogens (tertiary/aromatic N) is 3. The summed E-state index contributed by atoms with van der Waals surface area (Å²) in [5.74, 6) is -0.952. The average molecular weight is 355 g/mol. The normalized spacial score (nSPS) is 10.5. The van der Waals surface area contributed by atoms with Crippen LogP contribution in [0.15, 0.2) is 53.7 Å². The summed E-state index contributed by atoms with van der Waals surface area (Å²) in [5, 5.41) is 2.96. The van der Waals surface area contributed by atoms with Crippen LogP contribution in [0, 0.1) is 5.95 Å². The first-order chi connectivity index (χ1) is 12.1. The van der Waals surface area contributed by atoms with Crippen LogP contribution in [0.4, 0.5) is 16.0 Å². The minimum absolute atomic E-state index is 0.227. The van der Waals surface area contributed by atoms with E-state index in [-0.39, 0.29) is 11.5 Å². The van der Waals surface area contributed by atoms with E-state index in [4.69, 9.17) is 5.73 Å². The van der Waals surface area contributed by atoms with Crippen molar-refractivity contribution in [3.63, 3.8) is 0 Å². The van der Waals surface area contributed by atoms with E-state index in [1.165, 1.54) is 18.0 Å². The molecule has 6 nitrogen and oxygen atoms in total. The minimum atomic E-state index is -0.611. The summed E-state index contributed by atoms with van der Waals surface area (Å²) in [7, 11) is 0. The molecule has 2 aromatic heterocycles. The Morgan fingerprint density at radius 3 is 2.72 bits per heavy atom. The standard InChI is InChI=1S/C17H14FN5OS/c1-25-13-9-21-17(22-12-7-3-2-5-10(12)16(19)24)23-14(13)11-6-4-8-20-15(11)18/h2-9H,1H3,(H2,19,24)(H,21,22,23). The maximum absolute atomic E-state index is 14.1. The van der Waals surface area contributed by atoms with Crippen molar-refractivity contribution < 1.29 is 9.18 Å². The number of anilines is 2. The number of nitrogens with two attached hydrogens (primary N) is 1. The van der Waals surface area contributed by atoms with Gasteiger partial charge in [-0.25, -0.2) is 15.0 Å². The van der Waals surface area contributed by atoms with Gasteiger partial charge >= 0.3 is 0 Å². The molecule has 0 saturated carbocycles. The SMILES string of the molecule is CSc1cnc(Nc2ccccc2C(N)=O)nc1-c1cccnc1F. The number of carbonyl (C=O) groups excluding carboxylic acids is 1. The highest BCUT2D eigenvalue weighted by Gasteiger charge is 2.15. The van der Waals surface area contributed by atoms with Crippen LogP contribution in [0.3, 0.4) is 0 Å². The zero-order chi connectivity index (χ0) is 17.8. The Morgan fingerprint density at radius 2 is 2.00 bits per heavy atom. The number of para-hydroxylation sites is 1. The summed E-state index contributed by atoms with van der Waals surface area (Å²) < 4.78 is 14.1. The van der Waals surface area contributed by atoms with E-state index in [1.807, 2.05) is 6.26 Å². The number of hydrogen-bond donors (Lipinski definition) is 2. The molecule has 0 radical (unpaired) electrons. The lowest BCUT2D eigenvalue weighted by atomic mass is 10.1. The second kappa shape index (κ2) is 7.27. The average Bonchev–Trinajstić information content (AvgIpc) is 2.62. The van der Waals surface area contributed by atoms with E-state index in [0.29, 0.717) is 21.8 Å². The van der Waals surface area contributed by atoms with Gasteiger partial charge in [-0.3, -0.25) is 4.79 Å². The Labute approximate surface area is 147 Å².